The van der Waals surface area contributed by atoms with Gasteiger partial charge < -0.3 is 10.2 Å². The lowest BCUT2D eigenvalue weighted by Gasteiger charge is -2.21. The maximum atomic E-state index is 12.3. The lowest BCUT2D eigenvalue weighted by Crippen LogP contribution is -2.34. The molecule has 0 saturated carbocycles. The average molecular weight is 286 g/mol. The number of nitrogens with zero attached hydrogens (tertiary/aromatic N) is 1. The number of carbonyl (C=O) groups excluding carboxylic acids is 1. The lowest BCUT2D eigenvalue weighted by molar-refractivity contribution is 0.215. The van der Waals surface area contributed by atoms with Gasteiger partial charge in [-0.2, -0.15) is 0 Å². The minimum Gasteiger partial charge on any atom is -0.316 e. The van der Waals surface area contributed by atoms with E-state index < -0.39 is 0 Å². The van der Waals surface area contributed by atoms with Crippen LogP contribution in [-0.2, 0) is 6.54 Å². The molecule has 1 aromatic heterocycles. The quantitative estimate of drug-likeness (QED) is 0.818. The fraction of sp³-hybridized carbons (Fsp3) is 0.188. The summed E-state index contributed by atoms with van der Waals surface area (Å²) in [5.41, 5.74) is 1.94. The maximum absolute atomic E-state index is 12.3. The van der Waals surface area contributed by atoms with E-state index in [-0.39, 0.29) is 6.03 Å². The zero-order valence-corrected chi connectivity index (χ0v) is 12.3. The van der Waals surface area contributed by atoms with Crippen LogP contribution in [0.2, 0.25) is 0 Å². The van der Waals surface area contributed by atoms with Crippen molar-refractivity contribution in [3.8, 4) is 0 Å². The summed E-state index contributed by atoms with van der Waals surface area (Å²) in [7, 11) is 0. The van der Waals surface area contributed by atoms with Gasteiger partial charge in [-0.25, -0.2) is 4.79 Å². The van der Waals surface area contributed by atoms with Gasteiger partial charge in [-0.05, 0) is 36.1 Å². The summed E-state index contributed by atoms with van der Waals surface area (Å²) in [6, 6.07) is 11.7. The highest BCUT2D eigenvalue weighted by molar-refractivity contribution is 7.09. The topological polar surface area (TPSA) is 32.3 Å². The summed E-state index contributed by atoms with van der Waals surface area (Å²) in [6.07, 6.45) is 1.74. The first kappa shape index (κ1) is 14.3. The second kappa shape index (κ2) is 6.91. The molecule has 0 spiro atoms. The smallest absolute Gasteiger partial charge is 0.316 e. The summed E-state index contributed by atoms with van der Waals surface area (Å²) < 4.78 is 0. The van der Waals surface area contributed by atoms with E-state index in [0.717, 1.165) is 16.1 Å². The van der Waals surface area contributed by atoms with Gasteiger partial charge in [0.1, 0.15) is 0 Å². The lowest BCUT2D eigenvalue weighted by atomic mass is 10.2. The fourth-order valence-electron chi connectivity index (χ4n) is 1.89. The van der Waals surface area contributed by atoms with Crippen LogP contribution in [0.5, 0.6) is 0 Å². The van der Waals surface area contributed by atoms with Crippen molar-refractivity contribution in [1.82, 2.24) is 4.90 Å². The highest BCUT2D eigenvalue weighted by Gasteiger charge is 2.13. The third-order valence-electron chi connectivity index (χ3n) is 2.83. The molecule has 1 N–H and O–H groups in total. The number of hydrogen-bond donors (Lipinski definition) is 1. The number of amides is 2. The predicted octanol–water partition coefficient (Wildman–Crippen LogP) is 4.28. The minimum atomic E-state index is -0.107. The Labute approximate surface area is 123 Å². The van der Waals surface area contributed by atoms with Crippen LogP contribution in [0.4, 0.5) is 10.5 Å². The number of carbonyl (C=O) groups is 1. The van der Waals surface area contributed by atoms with E-state index in [1.807, 2.05) is 48.7 Å². The Morgan fingerprint density at radius 2 is 2.25 bits per heavy atom. The van der Waals surface area contributed by atoms with Gasteiger partial charge in [0.15, 0.2) is 0 Å². The third-order valence-corrected chi connectivity index (χ3v) is 3.69. The van der Waals surface area contributed by atoms with Gasteiger partial charge in [-0.3, -0.25) is 0 Å². The Hall–Kier alpha value is -2.07. The summed E-state index contributed by atoms with van der Waals surface area (Å²) in [4.78, 5) is 15.2. The SMILES string of the molecule is C=CCN(Cc1cccs1)C(=O)Nc1cccc(C)c1. The number of benzene rings is 1. The maximum Gasteiger partial charge on any atom is 0.322 e. The van der Waals surface area contributed by atoms with Crippen LogP contribution < -0.4 is 5.32 Å². The number of nitrogens with one attached hydrogen (secondary N) is 1. The van der Waals surface area contributed by atoms with Crippen LogP contribution in [0.1, 0.15) is 10.4 Å². The van der Waals surface area contributed by atoms with Crippen LogP contribution in [0.15, 0.2) is 54.4 Å². The van der Waals surface area contributed by atoms with E-state index >= 15 is 0 Å². The molecule has 3 nitrogen and oxygen atoms in total. The first-order valence-electron chi connectivity index (χ1n) is 6.45. The molecule has 0 fully saturated rings. The van der Waals surface area contributed by atoms with Crippen molar-refractivity contribution < 1.29 is 4.79 Å². The second-order valence-electron chi connectivity index (χ2n) is 4.55. The fourth-order valence-corrected chi connectivity index (χ4v) is 2.61. The molecule has 2 aromatic rings. The standard InChI is InChI=1S/C16H18N2OS/c1-3-9-18(12-15-8-5-10-20-15)16(19)17-14-7-4-6-13(2)11-14/h3-8,10-11H,1,9,12H2,2H3,(H,17,19). The van der Waals surface area contributed by atoms with E-state index in [9.17, 15) is 4.79 Å². The van der Waals surface area contributed by atoms with Gasteiger partial charge in [-0.1, -0.05) is 24.3 Å². The summed E-state index contributed by atoms with van der Waals surface area (Å²) in [5.74, 6) is 0. The zero-order valence-electron chi connectivity index (χ0n) is 11.5. The number of rotatable bonds is 5. The average Bonchev–Trinajstić information content (AvgIpc) is 2.91. The Morgan fingerprint density at radius 3 is 2.90 bits per heavy atom. The molecule has 0 atom stereocenters. The van der Waals surface area contributed by atoms with Crippen molar-refractivity contribution in [2.24, 2.45) is 0 Å². The van der Waals surface area contributed by atoms with Crippen LogP contribution in [-0.4, -0.2) is 17.5 Å². The number of anilines is 1. The molecule has 4 heteroatoms. The molecule has 0 bridgehead atoms. The highest BCUT2D eigenvalue weighted by Crippen LogP contribution is 2.14. The van der Waals surface area contributed by atoms with Crippen molar-refractivity contribution in [1.29, 1.82) is 0 Å². The number of hydrogen-bond acceptors (Lipinski definition) is 2. The van der Waals surface area contributed by atoms with Crippen molar-refractivity contribution >= 4 is 23.1 Å². The molecule has 2 rings (SSSR count). The second-order valence-corrected chi connectivity index (χ2v) is 5.58. The first-order chi connectivity index (χ1) is 9.69. The number of thiophene rings is 1. The monoisotopic (exact) mass is 286 g/mol. The summed E-state index contributed by atoms with van der Waals surface area (Å²) >= 11 is 1.65. The molecule has 2 amide bonds. The van der Waals surface area contributed by atoms with Gasteiger partial charge in [-0.15, -0.1) is 17.9 Å². The van der Waals surface area contributed by atoms with E-state index in [1.165, 1.54) is 0 Å². The molecule has 104 valence electrons. The Morgan fingerprint density at radius 1 is 1.40 bits per heavy atom. The van der Waals surface area contributed by atoms with Crippen molar-refractivity contribution in [2.75, 3.05) is 11.9 Å². The molecule has 0 aliphatic heterocycles. The normalized spacial score (nSPS) is 10.1. The van der Waals surface area contributed by atoms with Crippen LogP contribution >= 0.6 is 11.3 Å². The van der Waals surface area contributed by atoms with E-state index in [1.54, 1.807) is 22.3 Å². The Kier molecular flexibility index (Phi) is 4.96. The van der Waals surface area contributed by atoms with Gasteiger partial charge in [0, 0.05) is 17.1 Å². The van der Waals surface area contributed by atoms with E-state index in [0.29, 0.717) is 13.1 Å². The number of urea groups is 1. The molecular formula is C16H18N2OS. The van der Waals surface area contributed by atoms with Crippen molar-refractivity contribution in [2.45, 2.75) is 13.5 Å². The van der Waals surface area contributed by atoms with Gasteiger partial charge in [0.25, 0.3) is 0 Å². The summed E-state index contributed by atoms with van der Waals surface area (Å²) in [5, 5.41) is 4.94. The Bertz CT molecular complexity index is 578. The van der Waals surface area contributed by atoms with Crippen molar-refractivity contribution in [3.05, 3.63) is 64.9 Å². The molecule has 1 heterocycles. The van der Waals surface area contributed by atoms with Gasteiger partial charge in [0.05, 0.1) is 6.54 Å². The molecule has 20 heavy (non-hydrogen) atoms. The van der Waals surface area contributed by atoms with Crippen LogP contribution in [0.25, 0.3) is 0 Å². The molecule has 0 unspecified atom stereocenters. The van der Waals surface area contributed by atoms with Crippen LogP contribution in [0, 0.1) is 6.92 Å². The molecule has 0 aliphatic rings. The Balaban J connectivity index is 2.04. The molecular weight excluding hydrogens is 268 g/mol. The molecule has 1 aromatic carbocycles. The highest BCUT2D eigenvalue weighted by atomic mass is 32.1. The van der Waals surface area contributed by atoms with Gasteiger partial charge >= 0.3 is 6.03 Å². The zero-order chi connectivity index (χ0) is 14.4. The van der Waals surface area contributed by atoms with Crippen molar-refractivity contribution in [3.63, 3.8) is 0 Å². The molecule has 0 saturated heterocycles. The third kappa shape index (κ3) is 3.96. The van der Waals surface area contributed by atoms with Gasteiger partial charge in [0.2, 0.25) is 0 Å². The van der Waals surface area contributed by atoms with E-state index in [4.69, 9.17) is 0 Å². The number of aryl methyl sites for hydroxylation is 1. The van der Waals surface area contributed by atoms with E-state index in [2.05, 4.69) is 11.9 Å². The summed E-state index contributed by atoms with van der Waals surface area (Å²) in [6.45, 7) is 6.84. The predicted molar refractivity (Wildman–Crippen MR) is 85.1 cm³/mol. The largest absolute Gasteiger partial charge is 0.322 e. The molecule has 0 aliphatic carbocycles. The molecule has 0 radical (unpaired) electrons. The first-order valence-corrected chi connectivity index (χ1v) is 7.33. The minimum absolute atomic E-state index is 0.107. The van der Waals surface area contributed by atoms with Crippen LogP contribution in [0.3, 0.4) is 0 Å².